The molecule has 0 bridgehead atoms. The van der Waals surface area contributed by atoms with Crippen molar-refractivity contribution in [3.8, 4) is 17.0 Å². The lowest BCUT2D eigenvalue weighted by Gasteiger charge is -2.13. The van der Waals surface area contributed by atoms with Crippen LogP contribution in [-0.4, -0.2) is 17.5 Å². The highest BCUT2D eigenvalue weighted by atomic mass is 16.5. The summed E-state index contributed by atoms with van der Waals surface area (Å²) in [7, 11) is 0. The van der Waals surface area contributed by atoms with Gasteiger partial charge < -0.3 is 10.1 Å². The number of pyridine rings is 1. The summed E-state index contributed by atoms with van der Waals surface area (Å²) in [6.07, 6.45) is 0.502. The van der Waals surface area contributed by atoms with E-state index in [-0.39, 0.29) is 5.91 Å². The third-order valence-corrected chi connectivity index (χ3v) is 4.02. The van der Waals surface area contributed by atoms with Crippen LogP contribution in [0.2, 0.25) is 0 Å². The van der Waals surface area contributed by atoms with Crippen molar-refractivity contribution < 1.29 is 9.53 Å². The summed E-state index contributed by atoms with van der Waals surface area (Å²) in [5.74, 6) is 1.12. The number of carbonyl (C=O) groups is 1. The lowest BCUT2D eigenvalue weighted by Crippen LogP contribution is -2.13. The number of nitrogens with one attached hydrogen (secondary N) is 1. The number of ether oxygens (including phenoxy) is 1. The molecule has 3 rings (SSSR count). The van der Waals surface area contributed by atoms with Gasteiger partial charge in [-0.1, -0.05) is 44.2 Å². The largest absolute Gasteiger partial charge is 0.493 e. The maximum absolute atomic E-state index is 12.1. The summed E-state index contributed by atoms with van der Waals surface area (Å²) in [6.45, 7) is 6.59. The van der Waals surface area contributed by atoms with Crippen LogP contribution in [-0.2, 0) is 4.79 Å². The summed E-state index contributed by atoms with van der Waals surface area (Å²) in [4.78, 5) is 16.8. The smallest absolute Gasteiger partial charge is 0.224 e. The molecule has 0 aliphatic rings. The van der Waals surface area contributed by atoms with Gasteiger partial charge in [-0.3, -0.25) is 4.79 Å². The molecular formula is C22H24N2O2. The van der Waals surface area contributed by atoms with Crippen molar-refractivity contribution >= 4 is 22.5 Å². The first kappa shape index (κ1) is 17.9. The van der Waals surface area contributed by atoms with E-state index < -0.39 is 0 Å². The molecule has 2 aromatic carbocycles. The van der Waals surface area contributed by atoms with Crippen LogP contribution in [0.3, 0.4) is 0 Å². The molecule has 1 amide bonds. The zero-order valence-electron chi connectivity index (χ0n) is 15.5. The summed E-state index contributed by atoms with van der Waals surface area (Å²) in [5.41, 5.74) is 3.53. The van der Waals surface area contributed by atoms with Crippen molar-refractivity contribution in [3.05, 3.63) is 54.6 Å². The Balaban J connectivity index is 2.00. The molecule has 0 saturated carbocycles. The van der Waals surface area contributed by atoms with Crippen molar-refractivity contribution in [1.29, 1.82) is 0 Å². The number of nitrogens with zero attached hydrogens (tertiary/aromatic N) is 1. The second kappa shape index (κ2) is 8.00. The van der Waals surface area contributed by atoms with Crippen LogP contribution < -0.4 is 10.1 Å². The number of amides is 1. The average molecular weight is 348 g/mol. The zero-order valence-corrected chi connectivity index (χ0v) is 15.5. The lowest BCUT2D eigenvalue weighted by atomic mass is 10.1. The SMILES string of the molecule is CCOc1cc(-c2ccccc2)nc2ccc(NC(=O)CC(C)C)cc12. The Morgan fingerprint density at radius 3 is 2.58 bits per heavy atom. The second-order valence-corrected chi connectivity index (χ2v) is 6.68. The maximum atomic E-state index is 12.1. The van der Waals surface area contributed by atoms with Crippen LogP contribution in [0.15, 0.2) is 54.6 Å². The first-order chi connectivity index (χ1) is 12.6. The highest BCUT2D eigenvalue weighted by Gasteiger charge is 2.11. The second-order valence-electron chi connectivity index (χ2n) is 6.68. The van der Waals surface area contributed by atoms with Crippen LogP contribution in [0.5, 0.6) is 5.75 Å². The van der Waals surface area contributed by atoms with Gasteiger partial charge in [-0.05, 0) is 31.0 Å². The third kappa shape index (κ3) is 4.20. The van der Waals surface area contributed by atoms with Crippen molar-refractivity contribution in [2.75, 3.05) is 11.9 Å². The molecule has 134 valence electrons. The summed E-state index contributed by atoms with van der Waals surface area (Å²) in [5, 5.41) is 3.86. The van der Waals surface area contributed by atoms with E-state index in [2.05, 4.69) is 5.32 Å². The molecule has 4 heteroatoms. The fourth-order valence-electron chi connectivity index (χ4n) is 2.89. The van der Waals surface area contributed by atoms with Gasteiger partial charge in [0.25, 0.3) is 0 Å². The number of rotatable bonds is 6. The number of hydrogen-bond donors (Lipinski definition) is 1. The number of carbonyl (C=O) groups excluding carboxylic acids is 1. The van der Waals surface area contributed by atoms with Crippen molar-refractivity contribution in [2.45, 2.75) is 27.2 Å². The Labute approximate surface area is 154 Å². The quantitative estimate of drug-likeness (QED) is 0.659. The molecule has 1 heterocycles. The number of hydrogen-bond acceptors (Lipinski definition) is 3. The molecule has 3 aromatic rings. The molecule has 0 aliphatic heterocycles. The molecule has 0 unspecified atom stereocenters. The third-order valence-electron chi connectivity index (χ3n) is 4.02. The number of aromatic nitrogens is 1. The molecule has 0 radical (unpaired) electrons. The van der Waals surface area contributed by atoms with Crippen LogP contribution in [0.25, 0.3) is 22.2 Å². The van der Waals surface area contributed by atoms with Gasteiger partial charge in [0.1, 0.15) is 5.75 Å². The summed E-state index contributed by atoms with van der Waals surface area (Å²) in [6, 6.07) is 17.7. The van der Waals surface area contributed by atoms with E-state index in [0.29, 0.717) is 18.9 Å². The molecule has 4 nitrogen and oxygen atoms in total. The van der Waals surface area contributed by atoms with Gasteiger partial charge in [0, 0.05) is 29.1 Å². The monoisotopic (exact) mass is 348 g/mol. The Morgan fingerprint density at radius 2 is 1.88 bits per heavy atom. The summed E-state index contributed by atoms with van der Waals surface area (Å²) < 4.78 is 5.85. The van der Waals surface area contributed by atoms with Gasteiger partial charge in [-0.15, -0.1) is 0 Å². The molecule has 0 atom stereocenters. The fraction of sp³-hybridized carbons (Fsp3) is 0.273. The predicted molar refractivity (Wildman–Crippen MR) is 106 cm³/mol. The molecule has 0 saturated heterocycles. The van der Waals surface area contributed by atoms with Crippen LogP contribution in [0.4, 0.5) is 5.69 Å². The molecule has 26 heavy (non-hydrogen) atoms. The number of fused-ring (bicyclic) bond motifs is 1. The topological polar surface area (TPSA) is 51.2 Å². The fourth-order valence-corrected chi connectivity index (χ4v) is 2.89. The first-order valence-electron chi connectivity index (χ1n) is 8.99. The van der Waals surface area contributed by atoms with E-state index in [1.807, 2.05) is 75.4 Å². The minimum atomic E-state index is 0.0196. The average Bonchev–Trinajstić information content (AvgIpc) is 2.62. The maximum Gasteiger partial charge on any atom is 0.224 e. The highest BCUT2D eigenvalue weighted by molar-refractivity contribution is 5.96. The van der Waals surface area contributed by atoms with Crippen molar-refractivity contribution in [2.24, 2.45) is 5.92 Å². The van der Waals surface area contributed by atoms with E-state index >= 15 is 0 Å². The molecule has 1 N–H and O–H groups in total. The van der Waals surface area contributed by atoms with Crippen LogP contribution >= 0.6 is 0 Å². The normalized spacial score (nSPS) is 10.9. The first-order valence-corrected chi connectivity index (χ1v) is 8.99. The Kier molecular flexibility index (Phi) is 5.52. The van der Waals surface area contributed by atoms with Gasteiger partial charge >= 0.3 is 0 Å². The molecule has 0 aliphatic carbocycles. The van der Waals surface area contributed by atoms with Crippen LogP contribution in [0.1, 0.15) is 27.2 Å². The molecule has 0 fully saturated rings. The van der Waals surface area contributed by atoms with Crippen LogP contribution in [0, 0.1) is 5.92 Å². The molecule has 0 spiro atoms. The predicted octanol–water partition coefficient (Wildman–Crippen LogP) is 5.29. The Morgan fingerprint density at radius 1 is 1.12 bits per heavy atom. The summed E-state index contributed by atoms with van der Waals surface area (Å²) >= 11 is 0. The van der Waals surface area contributed by atoms with Gasteiger partial charge in [-0.25, -0.2) is 4.98 Å². The van der Waals surface area contributed by atoms with E-state index in [1.54, 1.807) is 0 Å². The van der Waals surface area contributed by atoms with Gasteiger partial charge in [0.2, 0.25) is 5.91 Å². The zero-order chi connectivity index (χ0) is 18.5. The minimum Gasteiger partial charge on any atom is -0.493 e. The Hall–Kier alpha value is -2.88. The van der Waals surface area contributed by atoms with Gasteiger partial charge in [0.15, 0.2) is 0 Å². The van der Waals surface area contributed by atoms with E-state index in [9.17, 15) is 4.79 Å². The van der Waals surface area contributed by atoms with Crippen molar-refractivity contribution in [3.63, 3.8) is 0 Å². The van der Waals surface area contributed by atoms with Gasteiger partial charge in [0.05, 0.1) is 17.8 Å². The molecular weight excluding hydrogens is 324 g/mol. The van der Waals surface area contributed by atoms with Gasteiger partial charge in [-0.2, -0.15) is 0 Å². The van der Waals surface area contributed by atoms with Crippen molar-refractivity contribution in [1.82, 2.24) is 4.98 Å². The van der Waals surface area contributed by atoms with E-state index in [1.165, 1.54) is 0 Å². The van der Waals surface area contributed by atoms with E-state index in [0.717, 1.165) is 33.6 Å². The number of anilines is 1. The lowest BCUT2D eigenvalue weighted by molar-refractivity contribution is -0.116. The minimum absolute atomic E-state index is 0.0196. The highest BCUT2D eigenvalue weighted by Crippen LogP contribution is 2.32. The molecule has 1 aromatic heterocycles. The standard InChI is InChI=1S/C22H24N2O2/c1-4-26-21-14-20(16-8-6-5-7-9-16)24-19-11-10-17(13-18(19)21)23-22(25)12-15(2)3/h5-11,13-15H,4,12H2,1-3H3,(H,23,25). The number of benzene rings is 2. The Bertz CT molecular complexity index is 905. The van der Waals surface area contributed by atoms with E-state index in [4.69, 9.17) is 9.72 Å².